The number of rotatable bonds is 1. The van der Waals surface area contributed by atoms with Gasteiger partial charge in [-0.3, -0.25) is 4.79 Å². The summed E-state index contributed by atoms with van der Waals surface area (Å²) in [6.07, 6.45) is -0.335. The minimum absolute atomic E-state index is 0.00750. The highest BCUT2D eigenvalue weighted by Crippen LogP contribution is 2.11. The fourth-order valence-corrected chi connectivity index (χ4v) is 1.64. The summed E-state index contributed by atoms with van der Waals surface area (Å²) in [6, 6.07) is 0. The molecule has 0 N–H and O–H groups in total. The molecule has 1 heterocycles. The molecule has 1 aliphatic rings. The number of nitrogens with zero attached hydrogens (tertiary/aromatic N) is 3. The Morgan fingerprint density at radius 2 is 1.67 bits per heavy atom. The molecular formula is C12H20N3O3+. The molecule has 0 spiro atoms. The van der Waals surface area contributed by atoms with Gasteiger partial charge in [-0.2, -0.15) is 0 Å². The molecule has 0 bridgehead atoms. The number of hydrogen-bond acceptors (Lipinski definition) is 3. The van der Waals surface area contributed by atoms with Gasteiger partial charge < -0.3 is 14.5 Å². The largest absolute Gasteiger partial charge is 0.444 e. The lowest BCUT2D eigenvalue weighted by molar-refractivity contribution is -0.130. The van der Waals surface area contributed by atoms with E-state index in [4.69, 9.17) is 11.3 Å². The highest BCUT2D eigenvalue weighted by Gasteiger charge is 2.28. The quantitative estimate of drug-likeness (QED) is 0.702. The van der Waals surface area contributed by atoms with Crippen molar-refractivity contribution in [2.45, 2.75) is 26.4 Å². The number of carbonyl (C=O) groups excluding carboxylic acids is 2. The monoisotopic (exact) mass is 254 g/mol. The fraction of sp³-hybridized carbons (Fsp3) is 0.750. The Labute approximate surface area is 107 Å². The zero-order valence-corrected chi connectivity index (χ0v) is 11.2. The highest BCUT2D eigenvalue weighted by molar-refractivity contribution is 5.80. The standard InChI is InChI=1S/C12H20N3O3/c1-12(2,3)18-11(17)15-7-5-14(6-8-15)10(16)9-13-4/h4H,5-9H2,1-3H3/q+1. The van der Waals surface area contributed by atoms with Crippen molar-refractivity contribution in [1.29, 1.82) is 0 Å². The smallest absolute Gasteiger partial charge is 0.410 e. The molecular weight excluding hydrogens is 234 g/mol. The molecule has 0 aromatic heterocycles. The van der Waals surface area contributed by atoms with Crippen LogP contribution in [-0.2, 0) is 9.53 Å². The molecule has 0 saturated carbocycles. The van der Waals surface area contributed by atoms with Crippen molar-refractivity contribution in [2.24, 2.45) is 0 Å². The Balaban J connectivity index is 2.42. The normalized spacial score (nSPS) is 16.1. The number of piperazine rings is 1. The molecule has 0 atom stereocenters. The number of amides is 2. The summed E-state index contributed by atoms with van der Waals surface area (Å²) in [4.78, 5) is 29.9. The first-order chi connectivity index (χ1) is 8.33. The average molecular weight is 254 g/mol. The first kappa shape index (κ1) is 14.3. The maximum absolute atomic E-state index is 11.8. The fourth-order valence-electron chi connectivity index (χ4n) is 1.64. The van der Waals surface area contributed by atoms with Gasteiger partial charge in [0.25, 0.3) is 6.57 Å². The van der Waals surface area contributed by atoms with Crippen molar-refractivity contribution in [3.63, 3.8) is 0 Å². The minimum Gasteiger partial charge on any atom is -0.444 e. The van der Waals surface area contributed by atoms with Crippen LogP contribution in [-0.4, -0.2) is 60.1 Å². The van der Waals surface area contributed by atoms with E-state index in [0.717, 1.165) is 0 Å². The Hall–Kier alpha value is -1.77. The van der Waals surface area contributed by atoms with Gasteiger partial charge in [-0.25, -0.2) is 4.79 Å². The summed E-state index contributed by atoms with van der Waals surface area (Å²) in [5.41, 5.74) is -0.498. The molecule has 2 amide bonds. The summed E-state index contributed by atoms with van der Waals surface area (Å²) >= 11 is 0. The highest BCUT2D eigenvalue weighted by atomic mass is 16.6. The molecule has 1 saturated heterocycles. The Kier molecular flexibility index (Phi) is 4.54. The van der Waals surface area contributed by atoms with E-state index < -0.39 is 5.60 Å². The zero-order chi connectivity index (χ0) is 13.8. The molecule has 0 aromatic rings. The first-order valence-corrected chi connectivity index (χ1v) is 5.96. The van der Waals surface area contributed by atoms with Gasteiger partial charge >= 0.3 is 18.5 Å². The molecule has 18 heavy (non-hydrogen) atoms. The summed E-state index contributed by atoms with van der Waals surface area (Å²) in [5.74, 6) is -0.110. The topological polar surface area (TPSA) is 54.2 Å². The Morgan fingerprint density at radius 3 is 2.11 bits per heavy atom. The third-order valence-corrected chi connectivity index (χ3v) is 2.51. The Bertz CT molecular complexity index is 360. The lowest BCUT2D eigenvalue weighted by Crippen LogP contribution is -2.52. The molecule has 100 valence electrons. The van der Waals surface area contributed by atoms with Gasteiger partial charge in [0.2, 0.25) is 0 Å². The number of hydrogen-bond donors (Lipinski definition) is 0. The van der Waals surface area contributed by atoms with Crippen LogP contribution in [0.15, 0.2) is 0 Å². The predicted molar refractivity (Wildman–Crippen MR) is 67.6 cm³/mol. The van der Waals surface area contributed by atoms with Gasteiger partial charge in [0, 0.05) is 26.2 Å². The first-order valence-electron chi connectivity index (χ1n) is 5.96. The van der Waals surface area contributed by atoms with Gasteiger partial charge in [-0.15, -0.1) is 0 Å². The third kappa shape index (κ3) is 4.24. The maximum Gasteiger partial charge on any atom is 0.410 e. The second-order valence-corrected chi connectivity index (χ2v) is 5.19. The molecule has 1 fully saturated rings. The van der Waals surface area contributed by atoms with Gasteiger partial charge in [0.15, 0.2) is 0 Å². The third-order valence-electron chi connectivity index (χ3n) is 2.51. The summed E-state index contributed by atoms with van der Waals surface area (Å²) in [7, 11) is 0. The number of carbonyl (C=O) groups is 2. The maximum atomic E-state index is 11.8. The van der Waals surface area contributed by atoms with Crippen LogP contribution in [0.4, 0.5) is 4.79 Å². The van der Waals surface area contributed by atoms with Crippen LogP contribution in [0.25, 0.3) is 4.85 Å². The van der Waals surface area contributed by atoms with Crippen LogP contribution in [0.1, 0.15) is 20.8 Å². The van der Waals surface area contributed by atoms with E-state index in [9.17, 15) is 9.59 Å². The minimum atomic E-state index is -0.498. The van der Waals surface area contributed by atoms with E-state index in [1.807, 2.05) is 20.8 Å². The van der Waals surface area contributed by atoms with E-state index >= 15 is 0 Å². The van der Waals surface area contributed by atoms with Crippen molar-refractivity contribution in [1.82, 2.24) is 9.80 Å². The molecule has 1 aliphatic heterocycles. The molecule has 0 aliphatic carbocycles. The molecule has 6 nitrogen and oxygen atoms in total. The molecule has 6 heteroatoms. The van der Waals surface area contributed by atoms with Crippen molar-refractivity contribution in [3.05, 3.63) is 4.85 Å². The average Bonchev–Trinajstić information content (AvgIpc) is 2.27. The second-order valence-electron chi connectivity index (χ2n) is 5.19. The van der Waals surface area contributed by atoms with Crippen molar-refractivity contribution >= 4 is 12.0 Å². The zero-order valence-electron chi connectivity index (χ0n) is 11.2. The summed E-state index contributed by atoms with van der Waals surface area (Å²) < 4.78 is 5.27. The summed E-state index contributed by atoms with van der Waals surface area (Å²) in [6.45, 7) is 12.4. The predicted octanol–water partition coefficient (Wildman–Crippen LogP) is 1.03. The van der Waals surface area contributed by atoms with E-state index in [2.05, 4.69) is 4.85 Å². The van der Waals surface area contributed by atoms with Gasteiger partial charge in [-0.1, -0.05) is 4.85 Å². The van der Waals surface area contributed by atoms with Crippen LogP contribution in [0, 0.1) is 6.57 Å². The van der Waals surface area contributed by atoms with Gasteiger partial charge in [0.05, 0.1) is 0 Å². The van der Waals surface area contributed by atoms with Crippen LogP contribution < -0.4 is 0 Å². The van der Waals surface area contributed by atoms with Gasteiger partial charge in [-0.05, 0) is 20.8 Å². The van der Waals surface area contributed by atoms with E-state index in [1.54, 1.807) is 9.80 Å². The lowest BCUT2D eigenvalue weighted by Gasteiger charge is -2.34. The summed E-state index contributed by atoms with van der Waals surface area (Å²) in [5, 5.41) is 0. The van der Waals surface area contributed by atoms with Gasteiger partial charge in [0.1, 0.15) is 5.60 Å². The Morgan fingerprint density at radius 1 is 1.17 bits per heavy atom. The molecule has 0 aromatic carbocycles. The van der Waals surface area contributed by atoms with E-state index in [-0.39, 0.29) is 18.5 Å². The van der Waals surface area contributed by atoms with Crippen LogP contribution in [0.5, 0.6) is 0 Å². The van der Waals surface area contributed by atoms with Crippen molar-refractivity contribution < 1.29 is 14.3 Å². The second kappa shape index (κ2) is 5.71. The lowest BCUT2D eigenvalue weighted by atomic mass is 10.2. The van der Waals surface area contributed by atoms with E-state index in [1.165, 1.54) is 0 Å². The molecule has 0 unspecified atom stereocenters. The SMILES string of the molecule is C#[N+]CC(=O)N1CCN(C(=O)OC(C)(C)C)CC1. The number of ether oxygens (including phenoxy) is 1. The molecule has 1 rings (SSSR count). The van der Waals surface area contributed by atoms with Crippen molar-refractivity contribution in [3.8, 4) is 6.57 Å². The van der Waals surface area contributed by atoms with Crippen LogP contribution in [0.3, 0.4) is 0 Å². The van der Waals surface area contributed by atoms with Crippen molar-refractivity contribution in [2.75, 3.05) is 32.7 Å². The van der Waals surface area contributed by atoms with Crippen LogP contribution >= 0.6 is 0 Å². The van der Waals surface area contributed by atoms with E-state index in [0.29, 0.717) is 26.2 Å². The van der Waals surface area contributed by atoms with Crippen LogP contribution in [0.2, 0.25) is 0 Å². The molecule has 0 radical (unpaired) electrons.